The molecule has 114 valence electrons. The predicted molar refractivity (Wildman–Crippen MR) is 88.7 cm³/mol. The number of fused-ring (bicyclic) bond motifs is 1. The van der Waals surface area contributed by atoms with Gasteiger partial charge in [-0.2, -0.15) is 0 Å². The van der Waals surface area contributed by atoms with Gasteiger partial charge in [0.25, 0.3) is 0 Å². The van der Waals surface area contributed by atoms with Crippen LogP contribution in [0.1, 0.15) is 39.7 Å². The van der Waals surface area contributed by atoms with Crippen molar-refractivity contribution in [2.45, 2.75) is 46.8 Å². The normalized spacial score (nSPS) is 12.8. The third-order valence-electron chi connectivity index (χ3n) is 3.77. The van der Waals surface area contributed by atoms with Gasteiger partial charge in [0, 0.05) is 18.0 Å². The summed E-state index contributed by atoms with van der Waals surface area (Å²) in [4.78, 5) is 4.64. The number of nitrogens with one attached hydrogen (secondary N) is 1. The molecule has 0 fully saturated rings. The number of rotatable bonds is 7. The average molecular weight is 286 g/mol. The van der Waals surface area contributed by atoms with Gasteiger partial charge in [0.15, 0.2) is 0 Å². The van der Waals surface area contributed by atoms with Crippen molar-refractivity contribution in [1.29, 1.82) is 0 Å². The molecular formula is C18H26N2O. The summed E-state index contributed by atoms with van der Waals surface area (Å²) >= 11 is 0. The van der Waals surface area contributed by atoms with E-state index in [9.17, 15) is 0 Å². The molecule has 0 aliphatic heterocycles. The van der Waals surface area contributed by atoms with Crippen molar-refractivity contribution in [2.75, 3.05) is 6.54 Å². The Labute approximate surface area is 127 Å². The number of benzene rings is 1. The Kier molecular flexibility index (Phi) is 5.57. The molecule has 0 amide bonds. The van der Waals surface area contributed by atoms with E-state index in [1.807, 2.05) is 12.1 Å². The van der Waals surface area contributed by atoms with Gasteiger partial charge < -0.3 is 10.1 Å². The average Bonchev–Trinajstić information content (AvgIpc) is 2.47. The minimum atomic E-state index is 0.162. The second-order valence-electron chi connectivity index (χ2n) is 5.88. The van der Waals surface area contributed by atoms with Crippen molar-refractivity contribution in [3.05, 3.63) is 35.9 Å². The lowest BCUT2D eigenvalue weighted by Crippen LogP contribution is -2.20. The van der Waals surface area contributed by atoms with E-state index in [4.69, 9.17) is 4.74 Å². The Morgan fingerprint density at radius 2 is 1.95 bits per heavy atom. The number of para-hydroxylation sites is 1. The van der Waals surface area contributed by atoms with Crippen molar-refractivity contribution in [2.24, 2.45) is 5.92 Å². The van der Waals surface area contributed by atoms with Gasteiger partial charge in [-0.3, -0.25) is 0 Å². The highest BCUT2D eigenvalue weighted by atomic mass is 16.5. The van der Waals surface area contributed by atoms with E-state index in [0.29, 0.717) is 5.92 Å². The van der Waals surface area contributed by atoms with Gasteiger partial charge in [0.2, 0.25) is 5.88 Å². The smallest absolute Gasteiger partial charge is 0.214 e. The molecule has 1 aromatic carbocycles. The largest absolute Gasteiger partial charge is 0.474 e. The van der Waals surface area contributed by atoms with E-state index in [-0.39, 0.29) is 6.10 Å². The van der Waals surface area contributed by atoms with E-state index in [0.717, 1.165) is 30.9 Å². The molecule has 2 rings (SSSR count). The van der Waals surface area contributed by atoms with Crippen LogP contribution in [0.3, 0.4) is 0 Å². The van der Waals surface area contributed by atoms with Gasteiger partial charge in [-0.15, -0.1) is 0 Å². The maximum Gasteiger partial charge on any atom is 0.214 e. The van der Waals surface area contributed by atoms with Crippen LogP contribution in [0.25, 0.3) is 10.9 Å². The first-order chi connectivity index (χ1) is 10.1. The maximum absolute atomic E-state index is 5.99. The quantitative estimate of drug-likeness (QED) is 0.776. The number of hydrogen-bond donors (Lipinski definition) is 1. The monoisotopic (exact) mass is 286 g/mol. The molecule has 0 aliphatic rings. The first-order valence-electron chi connectivity index (χ1n) is 7.87. The number of aromatic nitrogens is 1. The summed E-state index contributed by atoms with van der Waals surface area (Å²) in [6, 6.07) is 10.3. The fourth-order valence-corrected chi connectivity index (χ4v) is 2.15. The van der Waals surface area contributed by atoms with Gasteiger partial charge in [-0.1, -0.05) is 39.0 Å². The van der Waals surface area contributed by atoms with Crippen LogP contribution in [0.15, 0.2) is 30.3 Å². The molecule has 0 bridgehead atoms. The predicted octanol–water partition coefficient (Wildman–Crippen LogP) is 4.16. The third kappa shape index (κ3) is 4.18. The SMILES string of the molecule is CCCNCc1cc(OC(C)C(C)C)nc2ccccc12. The Morgan fingerprint density at radius 3 is 2.67 bits per heavy atom. The molecule has 3 heteroatoms. The molecule has 21 heavy (non-hydrogen) atoms. The zero-order chi connectivity index (χ0) is 15.2. The lowest BCUT2D eigenvalue weighted by molar-refractivity contribution is 0.164. The lowest BCUT2D eigenvalue weighted by atomic mass is 10.1. The van der Waals surface area contributed by atoms with Crippen LogP contribution in [-0.2, 0) is 6.54 Å². The van der Waals surface area contributed by atoms with Crippen LogP contribution >= 0.6 is 0 Å². The van der Waals surface area contributed by atoms with Gasteiger partial charge >= 0.3 is 0 Å². The maximum atomic E-state index is 5.99. The minimum absolute atomic E-state index is 0.162. The Bertz CT molecular complexity index is 580. The minimum Gasteiger partial charge on any atom is -0.474 e. The van der Waals surface area contributed by atoms with Crippen LogP contribution in [0.4, 0.5) is 0 Å². The van der Waals surface area contributed by atoms with E-state index in [1.54, 1.807) is 0 Å². The van der Waals surface area contributed by atoms with Gasteiger partial charge in [0.1, 0.15) is 0 Å². The fraction of sp³-hybridized carbons (Fsp3) is 0.500. The van der Waals surface area contributed by atoms with Crippen LogP contribution in [0.5, 0.6) is 5.88 Å². The second kappa shape index (κ2) is 7.41. The van der Waals surface area contributed by atoms with E-state index >= 15 is 0 Å². The summed E-state index contributed by atoms with van der Waals surface area (Å²) in [6.07, 6.45) is 1.30. The molecule has 0 radical (unpaired) electrons. The van der Waals surface area contributed by atoms with Crippen LogP contribution in [0, 0.1) is 5.92 Å². The van der Waals surface area contributed by atoms with Crippen LogP contribution in [0.2, 0.25) is 0 Å². The Hall–Kier alpha value is -1.61. The molecule has 0 spiro atoms. The summed E-state index contributed by atoms with van der Waals surface area (Å²) in [5, 5.41) is 4.66. The van der Waals surface area contributed by atoms with Crippen molar-refractivity contribution in [1.82, 2.24) is 10.3 Å². The second-order valence-corrected chi connectivity index (χ2v) is 5.88. The van der Waals surface area contributed by atoms with E-state index in [1.165, 1.54) is 10.9 Å². The summed E-state index contributed by atoms with van der Waals surface area (Å²) < 4.78 is 5.99. The highest BCUT2D eigenvalue weighted by Crippen LogP contribution is 2.23. The third-order valence-corrected chi connectivity index (χ3v) is 3.77. The zero-order valence-electron chi connectivity index (χ0n) is 13.5. The molecule has 3 nitrogen and oxygen atoms in total. The summed E-state index contributed by atoms with van der Waals surface area (Å²) in [5.74, 6) is 1.20. The van der Waals surface area contributed by atoms with Crippen LogP contribution in [-0.4, -0.2) is 17.6 Å². The molecule has 1 unspecified atom stereocenters. The van der Waals surface area contributed by atoms with Crippen molar-refractivity contribution in [3.8, 4) is 5.88 Å². The summed E-state index contributed by atoms with van der Waals surface area (Å²) in [6.45, 7) is 10.5. The molecular weight excluding hydrogens is 260 g/mol. The molecule has 1 heterocycles. The van der Waals surface area contributed by atoms with Crippen molar-refractivity contribution < 1.29 is 4.74 Å². The lowest BCUT2D eigenvalue weighted by Gasteiger charge is -2.18. The standard InChI is InChI=1S/C18H26N2O/c1-5-10-19-12-15-11-18(21-14(4)13(2)3)20-17-9-7-6-8-16(15)17/h6-9,11,13-14,19H,5,10,12H2,1-4H3. The summed E-state index contributed by atoms with van der Waals surface area (Å²) in [5.41, 5.74) is 2.25. The number of ether oxygens (including phenoxy) is 1. The molecule has 1 aromatic heterocycles. The zero-order valence-corrected chi connectivity index (χ0v) is 13.5. The van der Waals surface area contributed by atoms with E-state index in [2.05, 4.69) is 56.2 Å². The van der Waals surface area contributed by atoms with Gasteiger partial charge in [0.05, 0.1) is 11.6 Å². The van der Waals surface area contributed by atoms with Gasteiger partial charge in [-0.25, -0.2) is 4.98 Å². The topological polar surface area (TPSA) is 34.1 Å². The molecule has 1 atom stereocenters. The molecule has 2 aromatic rings. The Morgan fingerprint density at radius 1 is 1.19 bits per heavy atom. The molecule has 0 aliphatic carbocycles. The molecule has 0 saturated carbocycles. The molecule has 1 N–H and O–H groups in total. The summed E-state index contributed by atoms with van der Waals surface area (Å²) in [7, 11) is 0. The Balaban J connectivity index is 2.30. The first-order valence-corrected chi connectivity index (χ1v) is 7.87. The fourth-order valence-electron chi connectivity index (χ4n) is 2.15. The van der Waals surface area contributed by atoms with Crippen molar-refractivity contribution in [3.63, 3.8) is 0 Å². The highest BCUT2D eigenvalue weighted by molar-refractivity contribution is 5.82. The number of pyridine rings is 1. The highest BCUT2D eigenvalue weighted by Gasteiger charge is 2.12. The van der Waals surface area contributed by atoms with E-state index < -0.39 is 0 Å². The molecule has 0 saturated heterocycles. The number of hydrogen-bond acceptors (Lipinski definition) is 3. The first kappa shape index (κ1) is 15.8. The number of nitrogens with zero attached hydrogens (tertiary/aromatic N) is 1. The van der Waals surface area contributed by atoms with Crippen molar-refractivity contribution >= 4 is 10.9 Å². The van der Waals surface area contributed by atoms with Gasteiger partial charge in [-0.05, 0) is 37.4 Å². The van der Waals surface area contributed by atoms with Crippen LogP contribution < -0.4 is 10.1 Å².